The van der Waals surface area contributed by atoms with Crippen LogP contribution in [0, 0.1) is 12.3 Å². The Morgan fingerprint density at radius 3 is 2.50 bits per heavy atom. The molecule has 0 aromatic rings. The third-order valence-electron chi connectivity index (χ3n) is 1.82. The Morgan fingerprint density at radius 2 is 2.00 bits per heavy atom. The van der Waals surface area contributed by atoms with Gasteiger partial charge in [0.1, 0.15) is 6.79 Å². The van der Waals surface area contributed by atoms with E-state index in [0.717, 1.165) is 18.9 Å². The Kier molecular flexibility index (Phi) is 23.9. The van der Waals surface area contributed by atoms with Crippen molar-refractivity contribution in [3.63, 3.8) is 0 Å². The van der Waals surface area contributed by atoms with Crippen molar-refractivity contribution in [1.82, 2.24) is 0 Å². The van der Waals surface area contributed by atoms with Crippen LogP contribution in [0.25, 0.3) is 0 Å². The molecule has 0 aliphatic heterocycles. The van der Waals surface area contributed by atoms with E-state index in [-0.39, 0.29) is 35.5 Å². The first-order valence-electron chi connectivity index (χ1n) is 4.65. The molecule has 0 aliphatic rings. The summed E-state index contributed by atoms with van der Waals surface area (Å²) >= 11 is 0. The van der Waals surface area contributed by atoms with Gasteiger partial charge in [-0.1, -0.05) is 19.3 Å². The van der Waals surface area contributed by atoms with Gasteiger partial charge >= 0.3 is 23.1 Å². The van der Waals surface area contributed by atoms with Gasteiger partial charge in [-0.15, -0.1) is 0 Å². The maximum atomic E-state index is 5.18. The first-order valence-corrected chi connectivity index (χ1v) is 4.65. The second-order valence-electron chi connectivity index (χ2n) is 3.21. The molecule has 0 radical (unpaired) electrons. The predicted molar refractivity (Wildman–Crippen MR) is 56.6 cm³/mol. The van der Waals surface area contributed by atoms with Crippen molar-refractivity contribution in [2.75, 3.05) is 20.5 Å². The molecule has 0 amide bonds. The monoisotopic (exact) mass is 232 g/mol. The van der Waals surface area contributed by atoms with Gasteiger partial charge in [0.05, 0.1) is 0 Å². The third kappa shape index (κ3) is 15.4. The van der Waals surface area contributed by atoms with E-state index in [1.165, 1.54) is 12.8 Å². The number of hydrogen-bond acceptors (Lipinski definition) is 2. The molecule has 0 aromatic heterocycles. The number of ether oxygens (including phenoxy) is 2. The standard InChI is InChI=1S/C10H21O2.ClH.Mg/c1-4-6-10(2)7-5-8-12-9-11-3;;/h4,10H,5-9H2,1-3H3;1H;/q-1;;+2/p-1. The van der Waals surface area contributed by atoms with E-state index in [4.69, 9.17) is 9.47 Å². The average Bonchev–Trinajstić information content (AvgIpc) is 2.05. The van der Waals surface area contributed by atoms with Crippen molar-refractivity contribution in [2.45, 2.75) is 33.1 Å². The SMILES string of the molecule is C[CH-]CC(C)CCCOCOC.[Cl-].[Mg+2]. The summed E-state index contributed by atoms with van der Waals surface area (Å²) in [5, 5.41) is 0. The molecule has 0 saturated carbocycles. The molecule has 2 nitrogen and oxygen atoms in total. The van der Waals surface area contributed by atoms with E-state index >= 15 is 0 Å². The largest absolute Gasteiger partial charge is 2.00 e. The molecule has 4 heteroatoms. The summed E-state index contributed by atoms with van der Waals surface area (Å²) in [7, 11) is 1.65. The van der Waals surface area contributed by atoms with Crippen LogP contribution in [-0.2, 0) is 9.47 Å². The Balaban J connectivity index is -0.000000605. The zero-order valence-corrected chi connectivity index (χ0v) is 11.8. The number of rotatable bonds is 8. The van der Waals surface area contributed by atoms with Gasteiger partial charge in [-0.25, -0.2) is 0 Å². The molecular formula is C10H21ClMgO2. The van der Waals surface area contributed by atoms with E-state index in [2.05, 4.69) is 20.3 Å². The molecule has 82 valence electrons. The summed E-state index contributed by atoms with van der Waals surface area (Å²) in [5.74, 6) is 0.793. The van der Waals surface area contributed by atoms with Crippen LogP contribution in [0.3, 0.4) is 0 Å². The van der Waals surface area contributed by atoms with Crippen LogP contribution >= 0.6 is 0 Å². The molecule has 0 heterocycles. The Hall–Kier alpha value is 0.976. The summed E-state index contributed by atoms with van der Waals surface area (Å²) in [6, 6.07) is 0. The number of halogens is 1. The van der Waals surface area contributed by atoms with Crippen LogP contribution in [0.4, 0.5) is 0 Å². The van der Waals surface area contributed by atoms with Crippen molar-refractivity contribution in [3.8, 4) is 0 Å². The van der Waals surface area contributed by atoms with Crippen LogP contribution in [0.2, 0.25) is 0 Å². The third-order valence-corrected chi connectivity index (χ3v) is 1.82. The van der Waals surface area contributed by atoms with Crippen LogP contribution < -0.4 is 12.4 Å². The fourth-order valence-corrected chi connectivity index (χ4v) is 1.20. The average molecular weight is 233 g/mol. The Labute approximate surface area is 111 Å². The second kappa shape index (κ2) is 16.4. The molecule has 0 spiro atoms. The van der Waals surface area contributed by atoms with Crippen LogP contribution in [0.5, 0.6) is 0 Å². The first-order chi connectivity index (χ1) is 5.81. The van der Waals surface area contributed by atoms with Gasteiger partial charge in [0.2, 0.25) is 0 Å². The predicted octanol–water partition coefficient (Wildman–Crippen LogP) is -0.739. The van der Waals surface area contributed by atoms with Crippen molar-refractivity contribution in [3.05, 3.63) is 6.42 Å². The van der Waals surface area contributed by atoms with Gasteiger partial charge in [-0.2, -0.15) is 13.3 Å². The molecule has 1 unspecified atom stereocenters. The quantitative estimate of drug-likeness (QED) is 0.238. The van der Waals surface area contributed by atoms with E-state index < -0.39 is 0 Å². The fraction of sp³-hybridized carbons (Fsp3) is 0.900. The topological polar surface area (TPSA) is 18.5 Å². The summed E-state index contributed by atoms with van der Waals surface area (Å²) in [6.07, 6.45) is 5.82. The maximum Gasteiger partial charge on any atom is 2.00 e. The molecule has 14 heavy (non-hydrogen) atoms. The van der Waals surface area contributed by atoms with Gasteiger partial charge in [-0.05, 0) is 6.42 Å². The van der Waals surface area contributed by atoms with E-state index in [1.807, 2.05) is 0 Å². The minimum Gasteiger partial charge on any atom is -1.00 e. The van der Waals surface area contributed by atoms with Gasteiger partial charge < -0.3 is 28.3 Å². The van der Waals surface area contributed by atoms with Crippen molar-refractivity contribution in [2.24, 2.45) is 5.92 Å². The van der Waals surface area contributed by atoms with Gasteiger partial charge in [0, 0.05) is 13.7 Å². The zero-order chi connectivity index (χ0) is 9.23. The molecule has 0 bridgehead atoms. The molecule has 0 aromatic carbocycles. The van der Waals surface area contributed by atoms with Crippen molar-refractivity contribution in [1.29, 1.82) is 0 Å². The van der Waals surface area contributed by atoms with E-state index in [1.54, 1.807) is 7.11 Å². The molecule has 0 fully saturated rings. The minimum absolute atomic E-state index is 0. The van der Waals surface area contributed by atoms with Crippen molar-refractivity contribution >= 4 is 23.1 Å². The molecule has 0 N–H and O–H groups in total. The molecule has 0 aliphatic carbocycles. The number of hydrogen-bond donors (Lipinski definition) is 0. The second-order valence-corrected chi connectivity index (χ2v) is 3.21. The van der Waals surface area contributed by atoms with Gasteiger partial charge in [0.15, 0.2) is 0 Å². The van der Waals surface area contributed by atoms with E-state index in [0.29, 0.717) is 6.79 Å². The fourth-order valence-electron chi connectivity index (χ4n) is 1.20. The Morgan fingerprint density at radius 1 is 1.36 bits per heavy atom. The normalized spacial score (nSPS) is 11.4. The molecule has 0 rings (SSSR count). The summed E-state index contributed by atoms with van der Waals surface area (Å²) in [5.41, 5.74) is 0. The number of methoxy groups -OCH3 is 1. The summed E-state index contributed by atoms with van der Waals surface area (Å²) in [6.45, 7) is 5.63. The van der Waals surface area contributed by atoms with Crippen LogP contribution in [-0.4, -0.2) is 43.6 Å². The zero-order valence-electron chi connectivity index (χ0n) is 9.59. The molecule has 1 atom stereocenters. The summed E-state index contributed by atoms with van der Waals surface area (Å²) < 4.78 is 9.95. The summed E-state index contributed by atoms with van der Waals surface area (Å²) in [4.78, 5) is 0. The van der Waals surface area contributed by atoms with Gasteiger partial charge in [-0.3, -0.25) is 0 Å². The Bertz CT molecular complexity index is 94.2. The van der Waals surface area contributed by atoms with E-state index in [9.17, 15) is 0 Å². The smallest absolute Gasteiger partial charge is 1.00 e. The van der Waals surface area contributed by atoms with Crippen LogP contribution in [0.15, 0.2) is 0 Å². The van der Waals surface area contributed by atoms with Crippen LogP contribution in [0.1, 0.15) is 33.1 Å². The molecule has 0 saturated heterocycles. The molecular weight excluding hydrogens is 212 g/mol. The minimum atomic E-state index is 0. The van der Waals surface area contributed by atoms with Gasteiger partial charge in [0.25, 0.3) is 0 Å². The maximum absolute atomic E-state index is 5.18. The van der Waals surface area contributed by atoms with Crippen molar-refractivity contribution < 1.29 is 21.9 Å². The first kappa shape index (κ1) is 20.4.